The number of aromatic nitrogens is 3. The van der Waals surface area contributed by atoms with Crippen molar-refractivity contribution in [2.24, 2.45) is 5.92 Å². The van der Waals surface area contributed by atoms with Crippen LogP contribution in [0.25, 0.3) is 0 Å². The third-order valence-electron chi connectivity index (χ3n) is 4.40. The molecule has 1 fully saturated rings. The molecule has 1 N–H and O–H groups in total. The zero-order valence-electron chi connectivity index (χ0n) is 14.4. The molecular formula is C17H25N5O2. The molecule has 0 aliphatic carbocycles. The van der Waals surface area contributed by atoms with Crippen LogP contribution in [0.2, 0.25) is 0 Å². The van der Waals surface area contributed by atoms with Crippen LogP contribution in [0.15, 0.2) is 22.8 Å². The summed E-state index contributed by atoms with van der Waals surface area (Å²) in [7, 11) is 0. The maximum absolute atomic E-state index is 12.1. The van der Waals surface area contributed by atoms with Crippen LogP contribution >= 0.6 is 0 Å². The van der Waals surface area contributed by atoms with Gasteiger partial charge in [-0.15, -0.1) is 0 Å². The second-order valence-electron chi connectivity index (χ2n) is 6.49. The van der Waals surface area contributed by atoms with Gasteiger partial charge < -0.3 is 9.73 Å². The predicted molar refractivity (Wildman–Crippen MR) is 89.2 cm³/mol. The Labute approximate surface area is 142 Å². The number of amides is 1. The molecule has 1 aliphatic rings. The van der Waals surface area contributed by atoms with E-state index in [9.17, 15) is 4.79 Å². The van der Waals surface area contributed by atoms with Crippen LogP contribution in [-0.4, -0.2) is 45.2 Å². The summed E-state index contributed by atoms with van der Waals surface area (Å²) in [5, 5.41) is 7.35. The minimum Gasteiger partial charge on any atom is -0.467 e. The minimum atomic E-state index is 0.0415. The Morgan fingerprint density at radius 2 is 2.33 bits per heavy atom. The van der Waals surface area contributed by atoms with E-state index in [0.29, 0.717) is 19.0 Å². The van der Waals surface area contributed by atoms with Crippen molar-refractivity contribution in [3.8, 4) is 0 Å². The first-order valence-corrected chi connectivity index (χ1v) is 8.49. The summed E-state index contributed by atoms with van der Waals surface area (Å²) in [5.41, 5.74) is 0. The smallest absolute Gasteiger partial charge is 0.234 e. The number of nitrogens with one attached hydrogen (secondary N) is 1. The van der Waals surface area contributed by atoms with E-state index in [1.807, 2.05) is 30.7 Å². The number of hydrogen-bond acceptors (Lipinski definition) is 5. The maximum atomic E-state index is 12.1. The van der Waals surface area contributed by atoms with Crippen LogP contribution in [0.3, 0.4) is 0 Å². The third kappa shape index (κ3) is 4.44. The molecule has 130 valence electrons. The first-order valence-electron chi connectivity index (χ1n) is 8.49. The lowest BCUT2D eigenvalue weighted by Crippen LogP contribution is -2.43. The fourth-order valence-electron chi connectivity index (χ4n) is 3.28. The van der Waals surface area contributed by atoms with Crippen LogP contribution in [0.1, 0.15) is 30.3 Å². The average Bonchev–Trinajstić information content (AvgIpc) is 3.16. The highest BCUT2D eigenvalue weighted by molar-refractivity contribution is 5.77. The van der Waals surface area contributed by atoms with Crippen LogP contribution in [0.5, 0.6) is 0 Å². The summed E-state index contributed by atoms with van der Waals surface area (Å²) < 4.78 is 7.21. The largest absolute Gasteiger partial charge is 0.467 e. The third-order valence-corrected chi connectivity index (χ3v) is 4.40. The van der Waals surface area contributed by atoms with Crippen LogP contribution in [0.4, 0.5) is 0 Å². The molecule has 3 heterocycles. The number of nitrogens with zero attached hydrogens (tertiary/aromatic N) is 4. The first-order chi connectivity index (χ1) is 11.6. The Hall–Kier alpha value is -2.15. The monoisotopic (exact) mass is 331 g/mol. The number of aryl methyl sites for hydroxylation is 2. The molecule has 0 spiro atoms. The molecule has 2 aromatic heterocycles. The van der Waals surface area contributed by atoms with Crippen LogP contribution < -0.4 is 5.32 Å². The molecule has 3 rings (SSSR count). The van der Waals surface area contributed by atoms with E-state index in [1.54, 1.807) is 6.26 Å². The number of rotatable bonds is 6. The van der Waals surface area contributed by atoms with Crippen molar-refractivity contribution in [3.63, 3.8) is 0 Å². The van der Waals surface area contributed by atoms with Crippen molar-refractivity contribution >= 4 is 5.91 Å². The molecule has 1 aliphatic heterocycles. The lowest BCUT2D eigenvalue weighted by molar-refractivity contribution is -0.122. The number of likely N-dealkylation sites (tertiary alicyclic amines) is 1. The molecule has 1 saturated heterocycles. The molecule has 0 unspecified atom stereocenters. The number of carbonyl (C=O) groups excluding carboxylic acids is 1. The summed E-state index contributed by atoms with van der Waals surface area (Å²) in [6.07, 6.45) is 3.90. The van der Waals surface area contributed by atoms with Gasteiger partial charge in [-0.2, -0.15) is 5.10 Å². The van der Waals surface area contributed by atoms with E-state index in [0.717, 1.165) is 43.5 Å². The Balaban J connectivity index is 1.46. The van der Waals surface area contributed by atoms with Gasteiger partial charge in [-0.05, 0) is 51.3 Å². The van der Waals surface area contributed by atoms with Crippen molar-refractivity contribution in [1.82, 2.24) is 25.0 Å². The minimum absolute atomic E-state index is 0.0415. The number of piperidine rings is 1. The SMILES string of the molecule is Cc1nc(C)n(C[C@@H]2CCCN(CC(=O)NCc3ccco3)C2)n1. The summed E-state index contributed by atoms with van der Waals surface area (Å²) in [6, 6.07) is 3.68. The molecule has 0 aromatic carbocycles. The number of hydrogen-bond donors (Lipinski definition) is 1. The van der Waals surface area contributed by atoms with Gasteiger partial charge in [0, 0.05) is 13.1 Å². The predicted octanol–water partition coefficient (Wildman–Crippen LogP) is 1.52. The molecule has 0 saturated carbocycles. The van der Waals surface area contributed by atoms with Crippen LogP contribution in [0, 0.1) is 19.8 Å². The van der Waals surface area contributed by atoms with E-state index in [-0.39, 0.29) is 5.91 Å². The van der Waals surface area contributed by atoms with Crippen molar-refractivity contribution in [3.05, 3.63) is 35.8 Å². The van der Waals surface area contributed by atoms with E-state index in [2.05, 4.69) is 20.3 Å². The van der Waals surface area contributed by atoms with Crippen molar-refractivity contribution < 1.29 is 9.21 Å². The Morgan fingerprint density at radius 1 is 1.46 bits per heavy atom. The quantitative estimate of drug-likeness (QED) is 0.868. The van der Waals surface area contributed by atoms with Gasteiger partial charge >= 0.3 is 0 Å². The standard InChI is InChI=1S/C17H25N5O2/c1-13-19-14(2)22(20-13)11-15-5-3-7-21(10-15)12-17(23)18-9-16-6-4-8-24-16/h4,6,8,15H,3,5,7,9-12H2,1-2H3,(H,18,23)/t15-/m1/s1. The Bertz CT molecular complexity index is 665. The molecule has 1 atom stereocenters. The zero-order chi connectivity index (χ0) is 16.9. The second-order valence-corrected chi connectivity index (χ2v) is 6.49. The van der Waals surface area contributed by atoms with E-state index in [4.69, 9.17) is 4.42 Å². The average molecular weight is 331 g/mol. The molecule has 0 bridgehead atoms. The lowest BCUT2D eigenvalue weighted by atomic mass is 9.98. The molecule has 24 heavy (non-hydrogen) atoms. The zero-order valence-corrected chi connectivity index (χ0v) is 14.4. The number of carbonyl (C=O) groups is 1. The molecule has 7 nitrogen and oxygen atoms in total. The summed E-state index contributed by atoms with van der Waals surface area (Å²) in [4.78, 5) is 18.7. The van der Waals surface area contributed by atoms with Gasteiger partial charge in [-0.1, -0.05) is 0 Å². The lowest BCUT2D eigenvalue weighted by Gasteiger charge is -2.32. The molecule has 1 amide bonds. The van der Waals surface area contributed by atoms with Crippen molar-refractivity contribution in [2.45, 2.75) is 39.8 Å². The summed E-state index contributed by atoms with van der Waals surface area (Å²) in [6.45, 7) is 7.56. The van der Waals surface area contributed by atoms with Crippen LogP contribution in [-0.2, 0) is 17.9 Å². The normalized spacial score (nSPS) is 18.7. The van der Waals surface area contributed by atoms with Gasteiger partial charge in [0.1, 0.15) is 17.4 Å². The van der Waals surface area contributed by atoms with Crippen molar-refractivity contribution in [1.29, 1.82) is 0 Å². The van der Waals surface area contributed by atoms with Gasteiger partial charge in [0.2, 0.25) is 5.91 Å². The van der Waals surface area contributed by atoms with E-state index in [1.165, 1.54) is 6.42 Å². The first kappa shape index (κ1) is 16.7. The molecule has 7 heteroatoms. The summed E-state index contributed by atoms with van der Waals surface area (Å²) >= 11 is 0. The highest BCUT2D eigenvalue weighted by Crippen LogP contribution is 2.18. The fourth-order valence-corrected chi connectivity index (χ4v) is 3.28. The van der Waals surface area contributed by atoms with Gasteiger partial charge in [0.05, 0.1) is 19.4 Å². The molecule has 0 radical (unpaired) electrons. The second kappa shape index (κ2) is 7.61. The number of furan rings is 1. The summed E-state index contributed by atoms with van der Waals surface area (Å²) in [5.74, 6) is 3.10. The van der Waals surface area contributed by atoms with Gasteiger partial charge in [0.25, 0.3) is 0 Å². The Morgan fingerprint density at radius 3 is 3.04 bits per heavy atom. The topological polar surface area (TPSA) is 76.2 Å². The molecule has 2 aromatic rings. The molecular weight excluding hydrogens is 306 g/mol. The van der Waals surface area contributed by atoms with E-state index >= 15 is 0 Å². The maximum Gasteiger partial charge on any atom is 0.234 e. The fraction of sp³-hybridized carbons (Fsp3) is 0.588. The Kier molecular flexibility index (Phi) is 5.30. The van der Waals surface area contributed by atoms with E-state index < -0.39 is 0 Å². The van der Waals surface area contributed by atoms with Gasteiger partial charge in [-0.25, -0.2) is 9.67 Å². The van der Waals surface area contributed by atoms with Crippen molar-refractivity contribution in [2.75, 3.05) is 19.6 Å². The van der Waals surface area contributed by atoms with Gasteiger partial charge in [0.15, 0.2) is 0 Å². The highest BCUT2D eigenvalue weighted by atomic mass is 16.3. The highest BCUT2D eigenvalue weighted by Gasteiger charge is 2.22. The van der Waals surface area contributed by atoms with Gasteiger partial charge in [-0.3, -0.25) is 9.69 Å².